The number of hydrogen-bond acceptors (Lipinski definition) is 5. The molecule has 0 aliphatic rings. The van der Waals surface area contributed by atoms with Crippen molar-refractivity contribution in [1.29, 1.82) is 0 Å². The highest BCUT2D eigenvalue weighted by Gasteiger charge is 2.15. The number of rotatable bonds is 9. The van der Waals surface area contributed by atoms with Crippen molar-refractivity contribution in [3.05, 3.63) is 24.3 Å². The van der Waals surface area contributed by atoms with Gasteiger partial charge in [0, 0.05) is 19.6 Å². The first-order valence-corrected chi connectivity index (χ1v) is 9.53. The lowest BCUT2D eigenvalue weighted by molar-refractivity contribution is 0.0529. The van der Waals surface area contributed by atoms with E-state index in [-0.39, 0.29) is 6.10 Å². The smallest absolute Gasteiger partial charge is 0.407 e. The second-order valence-electron chi connectivity index (χ2n) is 7.18. The third kappa shape index (κ3) is 10.5. The van der Waals surface area contributed by atoms with Crippen molar-refractivity contribution in [3.8, 4) is 11.5 Å². The summed E-state index contributed by atoms with van der Waals surface area (Å²) >= 11 is 0. The second kappa shape index (κ2) is 11.9. The number of ether oxygens (including phenoxy) is 3. The number of amides is 1. The number of aliphatic imine (C=N–C) groups is 1. The van der Waals surface area contributed by atoms with Crippen LogP contribution in [0.2, 0.25) is 0 Å². The maximum absolute atomic E-state index is 11.6. The van der Waals surface area contributed by atoms with Crippen LogP contribution < -0.4 is 25.4 Å². The van der Waals surface area contributed by atoms with Crippen LogP contribution in [0.25, 0.3) is 0 Å². The van der Waals surface area contributed by atoms with Gasteiger partial charge < -0.3 is 30.2 Å². The number of methoxy groups -OCH3 is 1. The molecule has 28 heavy (non-hydrogen) atoms. The molecule has 0 spiro atoms. The molecule has 8 heteroatoms. The fraction of sp³-hybridized carbons (Fsp3) is 0.600. The molecule has 0 aliphatic carbocycles. The van der Waals surface area contributed by atoms with Gasteiger partial charge in [-0.25, -0.2) is 9.79 Å². The molecular formula is C20H34N4O4. The van der Waals surface area contributed by atoms with Crippen molar-refractivity contribution >= 4 is 12.1 Å². The molecule has 0 aromatic heterocycles. The minimum Gasteiger partial charge on any atom is -0.497 e. The Labute approximate surface area is 168 Å². The summed E-state index contributed by atoms with van der Waals surface area (Å²) < 4.78 is 16.2. The van der Waals surface area contributed by atoms with Gasteiger partial charge >= 0.3 is 6.09 Å². The Hall–Kier alpha value is -2.64. The summed E-state index contributed by atoms with van der Waals surface area (Å²) in [5, 5.41) is 9.04. The average molecular weight is 395 g/mol. The maximum atomic E-state index is 11.6. The van der Waals surface area contributed by atoms with Gasteiger partial charge in [-0.3, -0.25) is 0 Å². The minimum atomic E-state index is -0.506. The SMILES string of the molecule is CCNC(=NCC(C)Oc1ccc(OC)cc1)NCCNC(=O)OC(C)(C)C. The number of carbonyl (C=O) groups excluding carboxylic acids is 1. The Kier molecular flexibility index (Phi) is 9.98. The van der Waals surface area contributed by atoms with Crippen molar-refractivity contribution in [3.63, 3.8) is 0 Å². The van der Waals surface area contributed by atoms with Gasteiger partial charge in [-0.15, -0.1) is 0 Å². The van der Waals surface area contributed by atoms with E-state index in [2.05, 4.69) is 20.9 Å². The third-order valence-corrected chi connectivity index (χ3v) is 3.33. The Morgan fingerprint density at radius 3 is 2.25 bits per heavy atom. The van der Waals surface area contributed by atoms with Crippen molar-refractivity contribution in [2.24, 2.45) is 4.99 Å². The Morgan fingerprint density at radius 2 is 1.68 bits per heavy atom. The third-order valence-electron chi connectivity index (χ3n) is 3.33. The van der Waals surface area contributed by atoms with E-state index in [1.165, 1.54) is 0 Å². The highest BCUT2D eigenvalue weighted by atomic mass is 16.6. The standard InChI is InChI=1S/C20H34N4O4/c1-7-21-18(22-12-13-23-19(25)28-20(3,4)5)24-14-15(2)27-17-10-8-16(26-6)9-11-17/h8-11,15H,7,12-14H2,1-6H3,(H,23,25)(H2,21,22,24). The van der Waals surface area contributed by atoms with Crippen molar-refractivity contribution < 1.29 is 19.0 Å². The summed E-state index contributed by atoms with van der Waals surface area (Å²) in [5.41, 5.74) is -0.506. The van der Waals surface area contributed by atoms with Crippen LogP contribution in [0, 0.1) is 0 Å². The number of nitrogens with zero attached hydrogens (tertiary/aromatic N) is 1. The van der Waals surface area contributed by atoms with E-state index in [4.69, 9.17) is 14.2 Å². The molecule has 1 aromatic rings. The largest absolute Gasteiger partial charge is 0.497 e. The molecule has 0 fully saturated rings. The number of carbonyl (C=O) groups is 1. The van der Waals surface area contributed by atoms with Crippen LogP contribution in [0.4, 0.5) is 4.79 Å². The molecule has 0 heterocycles. The quantitative estimate of drug-likeness (QED) is 0.339. The summed E-state index contributed by atoms with van der Waals surface area (Å²) in [6.07, 6.45) is -0.526. The molecule has 0 bridgehead atoms. The lowest BCUT2D eigenvalue weighted by Crippen LogP contribution is -2.42. The summed E-state index contributed by atoms with van der Waals surface area (Å²) in [7, 11) is 1.63. The van der Waals surface area contributed by atoms with Crippen LogP contribution in [-0.2, 0) is 4.74 Å². The molecule has 0 saturated heterocycles. The molecule has 1 unspecified atom stereocenters. The van der Waals surface area contributed by atoms with Crippen molar-refractivity contribution in [2.45, 2.75) is 46.3 Å². The molecule has 158 valence electrons. The topological polar surface area (TPSA) is 93.2 Å². The summed E-state index contributed by atoms with van der Waals surface area (Å²) in [6, 6.07) is 7.44. The molecule has 8 nitrogen and oxygen atoms in total. The monoisotopic (exact) mass is 394 g/mol. The molecule has 1 aromatic carbocycles. The van der Waals surface area contributed by atoms with Crippen molar-refractivity contribution in [2.75, 3.05) is 33.3 Å². The Balaban J connectivity index is 2.40. The van der Waals surface area contributed by atoms with Gasteiger partial charge in [-0.05, 0) is 58.9 Å². The van der Waals surface area contributed by atoms with Gasteiger partial charge in [-0.1, -0.05) is 0 Å². The first-order chi connectivity index (χ1) is 13.2. The lowest BCUT2D eigenvalue weighted by atomic mass is 10.2. The van der Waals surface area contributed by atoms with E-state index in [0.29, 0.717) is 25.6 Å². The predicted molar refractivity (Wildman–Crippen MR) is 111 cm³/mol. The molecule has 0 aliphatic heterocycles. The van der Waals surface area contributed by atoms with E-state index >= 15 is 0 Å². The molecule has 1 amide bonds. The van der Waals surface area contributed by atoms with E-state index in [0.717, 1.165) is 18.0 Å². The van der Waals surface area contributed by atoms with E-state index in [9.17, 15) is 4.79 Å². The van der Waals surface area contributed by atoms with Gasteiger partial charge in [0.05, 0.1) is 13.7 Å². The summed E-state index contributed by atoms with van der Waals surface area (Å²) in [6.45, 7) is 11.6. The Morgan fingerprint density at radius 1 is 1.07 bits per heavy atom. The molecular weight excluding hydrogens is 360 g/mol. The fourth-order valence-electron chi connectivity index (χ4n) is 2.15. The zero-order chi connectivity index (χ0) is 21.0. The highest BCUT2D eigenvalue weighted by molar-refractivity contribution is 5.79. The number of guanidine groups is 1. The maximum Gasteiger partial charge on any atom is 0.407 e. The number of nitrogens with one attached hydrogen (secondary N) is 3. The summed E-state index contributed by atoms with van der Waals surface area (Å²) in [4.78, 5) is 16.1. The normalized spacial score (nSPS) is 12.7. The Bertz CT molecular complexity index is 612. The van der Waals surface area contributed by atoms with Crippen LogP contribution in [0.15, 0.2) is 29.3 Å². The predicted octanol–water partition coefficient (Wildman–Crippen LogP) is 2.54. The van der Waals surface area contributed by atoms with E-state index in [1.54, 1.807) is 7.11 Å². The zero-order valence-corrected chi connectivity index (χ0v) is 17.8. The van der Waals surface area contributed by atoms with Gasteiger partial charge in [-0.2, -0.15) is 0 Å². The first kappa shape index (κ1) is 23.4. The van der Waals surface area contributed by atoms with Crippen LogP contribution >= 0.6 is 0 Å². The molecule has 1 rings (SSSR count). The van der Waals surface area contributed by atoms with Crippen LogP contribution in [-0.4, -0.2) is 57.0 Å². The first-order valence-electron chi connectivity index (χ1n) is 9.53. The van der Waals surface area contributed by atoms with Crippen LogP contribution in [0.3, 0.4) is 0 Å². The highest BCUT2D eigenvalue weighted by Crippen LogP contribution is 2.18. The van der Waals surface area contributed by atoms with E-state index < -0.39 is 11.7 Å². The van der Waals surface area contributed by atoms with Gasteiger partial charge in [0.1, 0.15) is 23.2 Å². The fourth-order valence-corrected chi connectivity index (χ4v) is 2.15. The molecule has 0 radical (unpaired) electrons. The molecule has 1 atom stereocenters. The molecule has 3 N–H and O–H groups in total. The number of alkyl carbamates (subject to hydrolysis) is 1. The van der Waals surface area contributed by atoms with Crippen LogP contribution in [0.1, 0.15) is 34.6 Å². The van der Waals surface area contributed by atoms with Gasteiger partial charge in [0.25, 0.3) is 0 Å². The number of hydrogen-bond donors (Lipinski definition) is 3. The van der Waals surface area contributed by atoms with Crippen LogP contribution in [0.5, 0.6) is 11.5 Å². The average Bonchev–Trinajstić information content (AvgIpc) is 2.62. The van der Waals surface area contributed by atoms with Crippen molar-refractivity contribution in [1.82, 2.24) is 16.0 Å². The van der Waals surface area contributed by atoms with Gasteiger partial charge in [0.2, 0.25) is 0 Å². The minimum absolute atomic E-state index is 0.0938. The van der Waals surface area contributed by atoms with E-state index in [1.807, 2.05) is 58.9 Å². The zero-order valence-electron chi connectivity index (χ0n) is 17.8. The molecule has 0 saturated carbocycles. The second-order valence-corrected chi connectivity index (χ2v) is 7.18. The number of benzene rings is 1. The summed E-state index contributed by atoms with van der Waals surface area (Å²) in [5.74, 6) is 2.22. The lowest BCUT2D eigenvalue weighted by Gasteiger charge is -2.20. The van der Waals surface area contributed by atoms with Gasteiger partial charge in [0.15, 0.2) is 5.96 Å².